The Hall–Kier alpha value is -0.330. The first-order valence-corrected chi connectivity index (χ1v) is 13.0. The second-order valence-electron chi connectivity index (χ2n) is 6.85. The summed E-state index contributed by atoms with van der Waals surface area (Å²) in [6, 6.07) is 0. The van der Waals surface area contributed by atoms with E-state index < -0.39 is 116 Å². The van der Waals surface area contributed by atoms with Gasteiger partial charge < -0.3 is 13.6 Å². The van der Waals surface area contributed by atoms with Gasteiger partial charge >= 0.3 is 37.1 Å². The molecule has 252 valence electrons. The van der Waals surface area contributed by atoms with Crippen LogP contribution in [-0.2, 0) is 28.1 Å². The van der Waals surface area contributed by atoms with E-state index in [-0.39, 0.29) is 0 Å². The number of hydrogen-bond donors (Lipinski definition) is 0. The first kappa shape index (κ1) is 39.7. The van der Waals surface area contributed by atoms with Gasteiger partial charge in [-0.2, -0.15) is 79.0 Å². The van der Waals surface area contributed by atoms with Crippen molar-refractivity contribution in [3.63, 3.8) is 0 Å². The molecular formula is C12H12F18N3O6P3. The minimum Gasteiger partial charge on any atom is -0.318 e. The van der Waals surface area contributed by atoms with Gasteiger partial charge in [0.2, 0.25) is 0 Å². The standard InChI is InChI=1S/C12H12F18N3O6P3/c13-7(14,15)1-34-31-40(37-4-10(22,23)24)32(35-2-8(16,17)18)42(39-6-12(28,29)30)33(36-3-9(19,20)21)41(31)38-5-11(25,26)27/h1-6H2. The fourth-order valence-corrected chi connectivity index (χ4v) is 8.86. The van der Waals surface area contributed by atoms with Gasteiger partial charge in [0.1, 0.15) is 19.8 Å². The molecule has 0 spiro atoms. The van der Waals surface area contributed by atoms with Crippen molar-refractivity contribution in [2.45, 2.75) is 37.1 Å². The molecule has 0 amide bonds. The summed E-state index contributed by atoms with van der Waals surface area (Å²) in [4.78, 5) is 12.1. The maximum atomic E-state index is 12.8. The van der Waals surface area contributed by atoms with E-state index >= 15 is 0 Å². The van der Waals surface area contributed by atoms with Crippen LogP contribution in [0.4, 0.5) is 79.0 Å². The molecule has 1 aliphatic heterocycles. The zero-order valence-corrected chi connectivity index (χ0v) is 21.9. The summed E-state index contributed by atoms with van der Waals surface area (Å²) in [5.74, 6) is 0. The summed E-state index contributed by atoms with van der Waals surface area (Å²) in [5.41, 5.74) is 0. The van der Waals surface area contributed by atoms with Crippen LogP contribution < -0.4 is 0 Å². The van der Waals surface area contributed by atoms with Crippen LogP contribution in [0, 0.1) is 0 Å². The summed E-state index contributed by atoms with van der Waals surface area (Å²) < 4.78 is 241. The van der Waals surface area contributed by atoms with Crippen molar-refractivity contribution in [3.8, 4) is 0 Å². The molecule has 0 aliphatic carbocycles. The molecule has 30 heteroatoms. The Labute approximate surface area is 224 Å². The molecule has 0 bridgehead atoms. The fraction of sp³-hybridized carbons (Fsp3) is 1.00. The lowest BCUT2D eigenvalue weighted by Crippen LogP contribution is -2.43. The monoisotopic (exact) mass is 729 g/mol. The van der Waals surface area contributed by atoms with Crippen LogP contribution in [0.5, 0.6) is 0 Å². The summed E-state index contributed by atoms with van der Waals surface area (Å²) in [7, 11) is -13.0. The van der Waals surface area contributed by atoms with Gasteiger partial charge in [0.05, 0.1) is 0 Å². The van der Waals surface area contributed by atoms with Crippen LogP contribution in [-0.4, -0.2) is 90.5 Å². The Morgan fingerprint density at radius 3 is 0.619 bits per heavy atom. The zero-order valence-electron chi connectivity index (χ0n) is 19.2. The van der Waals surface area contributed by atoms with E-state index in [9.17, 15) is 79.0 Å². The lowest BCUT2D eigenvalue weighted by atomic mass is 10.7. The van der Waals surface area contributed by atoms with E-state index in [1.807, 2.05) is 0 Å². The highest BCUT2D eigenvalue weighted by Gasteiger charge is 2.58. The molecule has 0 aromatic carbocycles. The molecule has 1 aliphatic rings. The topological polar surface area (TPSA) is 65.1 Å². The zero-order chi connectivity index (χ0) is 32.9. The van der Waals surface area contributed by atoms with Crippen molar-refractivity contribution in [1.82, 2.24) is 13.8 Å². The average Bonchev–Trinajstić information content (AvgIpc) is 2.72. The quantitative estimate of drug-likeness (QED) is 0.148. The number of halogens is 18. The van der Waals surface area contributed by atoms with Gasteiger partial charge in [0.15, 0.2) is 19.8 Å². The van der Waals surface area contributed by atoms with Crippen molar-refractivity contribution in [2.24, 2.45) is 0 Å². The normalized spacial score (nSPS) is 23.1. The molecule has 0 saturated carbocycles. The van der Waals surface area contributed by atoms with Gasteiger partial charge in [-0.3, -0.25) is 14.5 Å². The third-order valence-corrected chi connectivity index (χ3v) is 9.22. The highest BCUT2D eigenvalue weighted by molar-refractivity contribution is 7.77. The molecule has 0 aromatic heterocycles. The van der Waals surface area contributed by atoms with Crippen molar-refractivity contribution in [3.05, 3.63) is 0 Å². The molecule has 0 N–H and O–H groups in total. The first-order valence-electron chi connectivity index (χ1n) is 9.55. The molecule has 1 heterocycles. The van der Waals surface area contributed by atoms with E-state index in [0.717, 1.165) is 0 Å². The van der Waals surface area contributed by atoms with Crippen LogP contribution in [0.25, 0.3) is 0 Å². The molecule has 42 heavy (non-hydrogen) atoms. The maximum Gasteiger partial charge on any atom is 0.413 e. The number of rotatable bonds is 12. The molecule has 9 nitrogen and oxygen atoms in total. The second-order valence-corrected chi connectivity index (χ2v) is 12.3. The lowest BCUT2D eigenvalue weighted by Gasteiger charge is -2.49. The van der Waals surface area contributed by atoms with Crippen LogP contribution in [0.15, 0.2) is 0 Å². The minimum atomic E-state index is -5.54. The Kier molecular flexibility index (Phi) is 14.0. The van der Waals surface area contributed by atoms with E-state index in [1.54, 1.807) is 0 Å². The summed E-state index contributed by atoms with van der Waals surface area (Å²) in [6.07, 6.45) is -33.2. The van der Waals surface area contributed by atoms with Crippen molar-refractivity contribution in [2.75, 3.05) is 39.6 Å². The molecule has 0 unspecified atom stereocenters. The predicted molar refractivity (Wildman–Crippen MR) is 98.3 cm³/mol. The predicted octanol–water partition coefficient (Wildman–Crippen LogP) is 7.81. The van der Waals surface area contributed by atoms with E-state index in [4.69, 9.17) is 0 Å². The van der Waals surface area contributed by atoms with Crippen LogP contribution >= 0.6 is 25.3 Å². The third-order valence-electron chi connectivity index (χ3n) is 2.94. The van der Waals surface area contributed by atoms with Crippen LogP contribution in [0.3, 0.4) is 0 Å². The van der Waals surface area contributed by atoms with Crippen molar-refractivity contribution < 1.29 is 107 Å². The number of alkyl halides is 18. The van der Waals surface area contributed by atoms with E-state index in [1.165, 1.54) is 0 Å². The molecule has 0 aromatic rings. The Bertz CT molecular complexity index is 642. The van der Waals surface area contributed by atoms with Gasteiger partial charge in [-0.25, -0.2) is 0 Å². The summed E-state index contributed by atoms with van der Waals surface area (Å²) in [5, 5.41) is 0. The SMILES string of the molecule is FC(F)(F)CON1P(OCC(F)(F)F)N(OCC(F)(F)F)P(OCC(F)(F)F)N(OCC(F)(F)F)P1OCC(F)(F)F. The molecule has 1 fully saturated rings. The smallest absolute Gasteiger partial charge is 0.318 e. The Morgan fingerprint density at radius 1 is 0.310 bits per heavy atom. The van der Waals surface area contributed by atoms with Crippen LogP contribution in [0.1, 0.15) is 0 Å². The Morgan fingerprint density at radius 2 is 0.476 bits per heavy atom. The maximum absolute atomic E-state index is 12.8. The third kappa shape index (κ3) is 16.7. The number of nitrogens with zero attached hydrogens (tertiary/aromatic N) is 3. The van der Waals surface area contributed by atoms with Gasteiger partial charge in [-0.1, -0.05) is 13.8 Å². The highest BCUT2D eigenvalue weighted by atomic mass is 31.3. The van der Waals surface area contributed by atoms with Crippen molar-refractivity contribution >= 4 is 25.3 Å². The number of hydrogen-bond acceptors (Lipinski definition) is 9. The Balaban J connectivity index is 3.82. The first-order chi connectivity index (χ1) is 18.6. The van der Waals surface area contributed by atoms with Gasteiger partial charge in [0.25, 0.3) is 25.3 Å². The van der Waals surface area contributed by atoms with Gasteiger partial charge in [-0.05, 0) is 0 Å². The minimum absolute atomic E-state index is 0.835. The van der Waals surface area contributed by atoms with Gasteiger partial charge in [-0.15, -0.1) is 0 Å². The lowest BCUT2D eigenvalue weighted by molar-refractivity contribution is -0.239. The molecule has 1 rings (SSSR count). The second kappa shape index (κ2) is 14.8. The molecule has 0 atom stereocenters. The molecular weight excluding hydrogens is 717 g/mol. The largest absolute Gasteiger partial charge is 0.413 e. The summed E-state index contributed by atoms with van der Waals surface area (Å²) in [6.45, 7) is -16.2. The highest BCUT2D eigenvalue weighted by Crippen LogP contribution is 2.78. The van der Waals surface area contributed by atoms with E-state index in [2.05, 4.69) is 28.1 Å². The average molecular weight is 729 g/mol. The van der Waals surface area contributed by atoms with Crippen molar-refractivity contribution in [1.29, 1.82) is 0 Å². The molecule has 1 saturated heterocycles. The van der Waals surface area contributed by atoms with Crippen LogP contribution in [0.2, 0.25) is 0 Å². The van der Waals surface area contributed by atoms with E-state index in [0.29, 0.717) is 0 Å². The van der Waals surface area contributed by atoms with Gasteiger partial charge in [0, 0.05) is 0 Å². The molecule has 0 radical (unpaired) electrons. The summed E-state index contributed by atoms with van der Waals surface area (Å²) >= 11 is 0. The fourth-order valence-electron chi connectivity index (χ4n) is 1.77.